The lowest BCUT2D eigenvalue weighted by molar-refractivity contribution is -0.145. The van der Waals surface area contributed by atoms with Gasteiger partial charge in [0, 0.05) is 17.7 Å². The zero-order valence-corrected chi connectivity index (χ0v) is 20.3. The Kier molecular flexibility index (Phi) is 8.63. The fraction of sp³-hybridized carbons (Fsp3) is 0.444. The Bertz CT molecular complexity index is 1050. The first-order valence-electron chi connectivity index (χ1n) is 12.3. The van der Waals surface area contributed by atoms with Crippen LogP contribution >= 0.6 is 0 Å². The van der Waals surface area contributed by atoms with E-state index in [-0.39, 0.29) is 18.3 Å². The Hall–Kier alpha value is -3.07. The molecule has 2 aliphatic heterocycles. The van der Waals surface area contributed by atoms with E-state index in [1.807, 2.05) is 58.6 Å². The summed E-state index contributed by atoms with van der Waals surface area (Å²) in [5.74, 6) is -0.275. The number of fused-ring (bicyclic) bond motifs is 1. The summed E-state index contributed by atoms with van der Waals surface area (Å²) < 4.78 is 10.6. The van der Waals surface area contributed by atoms with Crippen LogP contribution in [0.15, 0.2) is 47.6 Å². The van der Waals surface area contributed by atoms with Gasteiger partial charge in [-0.2, -0.15) is 5.10 Å². The molecule has 8 heteroatoms. The average molecular weight is 479 g/mol. The molecule has 0 radical (unpaired) electrons. The second-order valence-electron chi connectivity index (χ2n) is 8.91. The monoisotopic (exact) mass is 478 g/mol. The second kappa shape index (κ2) is 12.1. The van der Waals surface area contributed by atoms with Gasteiger partial charge < -0.3 is 15.2 Å². The second-order valence-corrected chi connectivity index (χ2v) is 8.91. The molecule has 0 amide bonds. The van der Waals surface area contributed by atoms with Crippen molar-refractivity contribution in [1.82, 2.24) is 9.91 Å². The molecule has 1 saturated heterocycles. The smallest absolute Gasteiger partial charge is 0.320 e. The normalized spacial score (nSPS) is 18.5. The van der Waals surface area contributed by atoms with E-state index < -0.39 is 6.17 Å². The molecule has 2 heterocycles. The lowest BCUT2D eigenvalue weighted by atomic mass is 9.92. The number of benzene rings is 2. The minimum absolute atomic E-state index is 0.0278. The van der Waals surface area contributed by atoms with Gasteiger partial charge in [0.25, 0.3) is 0 Å². The van der Waals surface area contributed by atoms with E-state index in [2.05, 4.69) is 12.0 Å². The Balaban J connectivity index is 1.38. The molecule has 8 nitrogen and oxygen atoms in total. The van der Waals surface area contributed by atoms with Crippen LogP contribution < -0.4 is 5.73 Å². The minimum Gasteiger partial charge on any atom is -0.465 e. The first-order chi connectivity index (χ1) is 17.0. The number of ketones is 1. The van der Waals surface area contributed by atoms with Gasteiger partial charge in [0.2, 0.25) is 0 Å². The molecule has 4 rings (SSSR count). The zero-order chi connectivity index (χ0) is 24.6. The molecule has 2 aliphatic rings. The van der Waals surface area contributed by atoms with Gasteiger partial charge in [-0.1, -0.05) is 49.7 Å². The number of hydrazone groups is 1. The molecule has 2 aromatic carbocycles. The number of ether oxygens (including phenoxy) is 2. The van der Waals surface area contributed by atoms with E-state index >= 15 is 0 Å². The molecule has 35 heavy (non-hydrogen) atoms. The third-order valence-corrected chi connectivity index (χ3v) is 6.41. The van der Waals surface area contributed by atoms with Gasteiger partial charge >= 0.3 is 5.97 Å². The van der Waals surface area contributed by atoms with Gasteiger partial charge in [0.15, 0.2) is 5.78 Å². The molecule has 0 bridgehead atoms. The first kappa shape index (κ1) is 25.0. The molecule has 0 aliphatic carbocycles. The Morgan fingerprint density at radius 3 is 2.60 bits per heavy atom. The summed E-state index contributed by atoms with van der Waals surface area (Å²) in [6.07, 6.45) is 3.99. The molecule has 186 valence electrons. The summed E-state index contributed by atoms with van der Waals surface area (Å²) in [5.41, 5.74) is 10.6. The highest BCUT2D eigenvalue weighted by Crippen LogP contribution is 2.27. The average Bonchev–Trinajstić information content (AvgIpc) is 2.89. The fourth-order valence-corrected chi connectivity index (χ4v) is 4.28. The van der Waals surface area contributed by atoms with Crippen molar-refractivity contribution in [3.8, 4) is 0 Å². The Morgan fingerprint density at radius 2 is 1.86 bits per heavy atom. The predicted molar refractivity (Wildman–Crippen MR) is 134 cm³/mol. The van der Waals surface area contributed by atoms with E-state index in [0.717, 1.165) is 49.0 Å². The lowest BCUT2D eigenvalue weighted by Gasteiger charge is -2.34. The van der Waals surface area contributed by atoms with Crippen molar-refractivity contribution in [1.29, 1.82) is 0 Å². The predicted octanol–water partition coefficient (Wildman–Crippen LogP) is 2.74. The highest BCUT2D eigenvalue weighted by molar-refractivity contribution is 6.09. The Labute approximate surface area is 206 Å². The fourth-order valence-electron chi connectivity index (χ4n) is 4.28. The molecule has 2 aromatic rings. The highest BCUT2D eigenvalue weighted by atomic mass is 16.5. The molecule has 0 saturated carbocycles. The summed E-state index contributed by atoms with van der Waals surface area (Å²) in [5, 5.41) is 6.47. The SMILES string of the molecule is CCCCOC(=O)CN1CCc2cc(C(=O)c3ccc(C=NN4CCOCC4)cc3)ccc2C1N. The summed E-state index contributed by atoms with van der Waals surface area (Å²) in [4.78, 5) is 27.1. The molecule has 1 unspecified atom stereocenters. The summed E-state index contributed by atoms with van der Waals surface area (Å²) in [6, 6.07) is 13.1. The molecule has 0 aromatic heterocycles. The van der Waals surface area contributed by atoms with Crippen LogP contribution in [0.4, 0.5) is 0 Å². The number of hydrogen-bond donors (Lipinski definition) is 1. The third kappa shape index (κ3) is 6.54. The number of nitrogens with zero attached hydrogens (tertiary/aromatic N) is 3. The van der Waals surface area contributed by atoms with Crippen molar-refractivity contribution in [2.45, 2.75) is 32.4 Å². The van der Waals surface area contributed by atoms with Gasteiger partial charge in [-0.3, -0.25) is 19.5 Å². The number of esters is 1. The highest BCUT2D eigenvalue weighted by Gasteiger charge is 2.27. The lowest BCUT2D eigenvalue weighted by Crippen LogP contribution is -2.43. The molecular weight excluding hydrogens is 444 g/mol. The summed E-state index contributed by atoms with van der Waals surface area (Å²) in [6.45, 7) is 6.29. The van der Waals surface area contributed by atoms with Gasteiger partial charge in [0.1, 0.15) is 0 Å². The summed E-state index contributed by atoms with van der Waals surface area (Å²) >= 11 is 0. The first-order valence-corrected chi connectivity index (χ1v) is 12.3. The zero-order valence-electron chi connectivity index (χ0n) is 20.3. The quantitative estimate of drug-likeness (QED) is 0.256. The third-order valence-electron chi connectivity index (χ3n) is 6.41. The number of nitrogens with two attached hydrogens (primary N) is 1. The van der Waals surface area contributed by atoms with Gasteiger partial charge in [-0.15, -0.1) is 0 Å². The molecule has 1 fully saturated rings. The summed E-state index contributed by atoms with van der Waals surface area (Å²) in [7, 11) is 0. The van der Waals surface area contributed by atoms with E-state index in [1.54, 1.807) is 0 Å². The van der Waals surface area contributed by atoms with Crippen LogP contribution in [0.3, 0.4) is 0 Å². The van der Waals surface area contributed by atoms with Crippen LogP contribution in [0.1, 0.15) is 58.5 Å². The van der Waals surface area contributed by atoms with Crippen molar-refractivity contribution in [2.24, 2.45) is 10.8 Å². The largest absolute Gasteiger partial charge is 0.465 e. The van der Waals surface area contributed by atoms with E-state index in [1.165, 1.54) is 0 Å². The van der Waals surface area contributed by atoms with Crippen molar-refractivity contribution < 1.29 is 19.1 Å². The van der Waals surface area contributed by atoms with Crippen LogP contribution in [-0.4, -0.2) is 73.9 Å². The van der Waals surface area contributed by atoms with Crippen LogP contribution in [0.5, 0.6) is 0 Å². The number of carbonyl (C=O) groups is 2. The molecule has 1 atom stereocenters. The minimum atomic E-state index is -0.397. The van der Waals surface area contributed by atoms with Crippen molar-refractivity contribution >= 4 is 18.0 Å². The van der Waals surface area contributed by atoms with Crippen LogP contribution in [0.2, 0.25) is 0 Å². The van der Waals surface area contributed by atoms with Crippen molar-refractivity contribution in [3.63, 3.8) is 0 Å². The number of carbonyl (C=O) groups excluding carboxylic acids is 2. The van der Waals surface area contributed by atoms with Crippen LogP contribution in [-0.2, 0) is 20.7 Å². The topological polar surface area (TPSA) is 97.5 Å². The van der Waals surface area contributed by atoms with Gasteiger partial charge in [-0.25, -0.2) is 0 Å². The van der Waals surface area contributed by atoms with Gasteiger partial charge in [0.05, 0.1) is 51.8 Å². The number of unbranched alkanes of at least 4 members (excludes halogenated alkanes) is 1. The number of rotatable bonds is 9. The van der Waals surface area contributed by atoms with Crippen molar-refractivity contribution in [2.75, 3.05) is 46.0 Å². The maximum Gasteiger partial charge on any atom is 0.320 e. The maximum atomic E-state index is 13.1. The van der Waals surface area contributed by atoms with Gasteiger partial charge in [-0.05, 0) is 35.6 Å². The molecular formula is C27H34N4O4. The number of hydrogen-bond acceptors (Lipinski definition) is 8. The Morgan fingerprint density at radius 1 is 1.11 bits per heavy atom. The van der Waals surface area contributed by atoms with Crippen LogP contribution in [0, 0.1) is 0 Å². The van der Waals surface area contributed by atoms with Crippen molar-refractivity contribution in [3.05, 3.63) is 70.3 Å². The van der Waals surface area contributed by atoms with Crippen LogP contribution in [0.25, 0.3) is 0 Å². The van der Waals surface area contributed by atoms with E-state index in [4.69, 9.17) is 15.2 Å². The molecule has 2 N–H and O–H groups in total. The standard InChI is InChI=1S/C27H34N4O4/c1-2-3-14-35-25(32)19-30-11-10-22-17-23(8-9-24(22)27(30)28)26(33)21-6-4-20(5-7-21)18-29-31-12-15-34-16-13-31/h4-9,17-18,27H,2-3,10-16,19,28H2,1H3. The maximum absolute atomic E-state index is 13.1. The van der Waals surface area contributed by atoms with E-state index in [9.17, 15) is 9.59 Å². The molecule has 0 spiro atoms. The number of morpholine rings is 1. The van der Waals surface area contributed by atoms with E-state index in [0.29, 0.717) is 37.5 Å².